The van der Waals surface area contributed by atoms with Crippen molar-refractivity contribution in [3.63, 3.8) is 0 Å². The van der Waals surface area contributed by atoms with Gasteiger partial charge in [-0.3, -0.25) is 9.59 Å². The van der Waals surface area contributed by atoms with E-state index < -0.39 is 0 Å². The molecule has 1 amide bonds. The fourth-order valence-electron chi connectivity index (χ4n) is 3.34. The number of Topliss-reactive ketones (excluding diaryl/α,β-unsaturated/α-hetero) is 1. The normalized spacial score (nSPS) is 11.0. The van der Waals surface area contributed by atoms with Crippen LogP contribution in [-0.4, -0.2) is 31.3 Å². The fraction of sp³-hybridized carbons (Fsp3) is 0.174. The first-order valence-corrected chi connectivity index (χ1v) is 10.1. The van der Waals surface area contributed by atoms with Crippen LogP contribution in [0, 0.1) is 13.8 Å². The van der Waals surface area contributed by atoms with Crippen LogP contribution in [0.4, 0.5) is 5.69 Å². The molecule has 4 rings (SSSR count). The standard InChI is InChI=1S/C23H20ClN5O2/c1-13-20(12-21(31)26-19-10-6-16(7-11-19)15(3)30)14(2)29-23(25-13)27-22(28-29)17-4-8-18(24)9-5-17/h4-11H,12H2,1-3H3,(H,26,31). The molecule has 0 saturated heterocycles. The van der Waals surface area contributed by atoms with Gasteiger partial charge in [-0.15, -0.1) is 5.10 Å². The van der Waals surface area contributed by atoms with Gasteiger partial charge in [0.05, 0.1) is 6.42 Å². The molecule has 4 aromatic rings. The topological polar surface area (TPSA) is 89.2 Å². The maximum Gasteiger partial charge on any atom is 0.253 e. The number of aryl methyl sites for hydroxylation is 2. The van der Waals surface area contributed by atoms with Crippen LogP contribution in [0.25, 0.3) is 17.2 Å². The quantitative estimate of drug-likeness (QED) is 0.470. The monoisotopic (exact) mass is 433 g/mol. The molecule has 0 aliphatic heterocycles. The minimum absolute atomic E-state index is 0.0192. The summed E-state index contributed by atoms with van der Waals surface area (Å²) in [5.41, 5.74) is 4.38. The molecule has 0 bridgehead atoms. The molecule has 0 radical (unpaired) electrons. The van der Waals surface area contributed by atoms with Crippen molar-refractivity contribution in [1.82, 2.24) is 19.6 Å². The molecule has 0 saturated carbocycles. The number of anilines is 1. The number of fused-ring (bicyclic) bond motifs is 1. The van der Waals surface area contributed by atoms with E-state index >= 15 is 0 Å². The second kappa shape index (κ2) is 8.28. The van der Waals surface area contributed by atoms with Gasteiger partial charge in [-0.05, 0) is 69.3 Å². The number of carbonyl (C=O) groups is 2. The molecule has 2 heterocycles. The van der Waals surface area contributed by atoms with Crippen molar-refractivity contribution in [1.29, 1.82) is 0 Å². The van der Waals surface area contributed by atoms with Crippen LogP contribution < -0.4 is 5.32 Å². The van der Waals surface area contributed by atoms with Gasteiger partial charge in [0.15, 0.2) is 11.6 Å². The molecule has 0 fully saturated rings. The number of hydrogen-bond donors (Lipinski definition) is 1. The van der Waals surface area contributed by atoms with E-state index in [9.17, 15) is 9.59 Å². The summed E-state index contributed by atoms with van der Waals surface area (Å²) in [6.45, 7) is 5.25. The van der Waals surface area contributed by atoms with E-state index in [1.165, 1.54) is 6.92 Å². The summed E-state index contributed by atoms with van der Waals surface area (Å²) in [5.74, 6) is 0.818. The van der Waals surface area contributed by atoms with E-state index in [1.807, 2.05) is 26.0 Å². The highest BCUT2D eigenvalue weighted by Crippen LogP contribution is 2.21. The Labute approximate surface area is 184 Å². The number of rotatable bonds is 5. The van der Waals surface area contributed by atoms with E-state index in [2.05, 4.69) is 20.4 Å². The Bertz CT molecular complexity index is 1290. The van der Waals surface area contributed by atoms with Gasteiger partial charge in [0.1, 0.15) is 0 Å². The second-order valence-corrected chi connectivity index (χ2v) is 7.71. The Morgan fingerprint density at radius 2 is 1.68 bits per heavy atom. The summed E-state index contributed by atoms with van der Waals surface area (Å²) in [5, 5.41) is 8.07. The summed E-state index contributed by atoms with van der Waals surface area (Å²) in [6, 6.07) is 14.1. The van der Waals surface area contributed by atoms with Gasteiger partial charge in [0.2, 0.25) is 5.91 Å². The number of aromatic nitrogens is 4. The van der Waals surface area contributed by atoms with Gasteiger partial charge in [-0.1, -0.05) is 11.6 Å². The number of halogens is 1. The van der Waals surface area contributed by atoms with E-state index in [1.54, 1.807) is 40.9 Å². The van der Waals surface area contributed by atoms with E-state index in [4.69, 9.17) is 11.6 Å². The molecular formula is C23H20ClN5O2. The van der Waals surface area contributed by atoms with Crippen molar-refractivity contribution in [2.24, 2.45) is 0 Å². The molecular weight excluding hydrogens is 414 g/mol. The number of carbonyl (C=O) groups excluding carboxylic acids is 2. The Hall–Kier alpha value is -3.58. The number of nitrogens with one attached hydrogen (secondary N) is 1. The zero-order valence-corrected chi connectivity index (χ0v) is 18.1. The van der Waals surface area contributed by atoms with Crippen LogP contribution in [0.5, 0.6) is 0 Å². The lowest BCUT2D eigenvalue weighted by atomic mass is 10.1. The summed E-state index contributed by atoms with van der Waals surface area (Å²) in [6.07, 6.45) is 0.144. The van der Waals surface area contributed by atoms with Crippen molar-refractivity contribution in [2.45, 2.75) is 27.2 Å². The minimum atomic E-state index is -0.180. The average Bonchev–Trinajstić information content (AvgIpc) is 3.16. The molecule has 2 aromatic heterocycles. The molecule has 0 aliphatic carbocycles. The summed E-state index contributed by atoms with van der Waals surface area (Å²) < 4.78 is 1.65. The molecule has 0 aliphatic rings. The van der Waals surface area contributed by atoms with Gasteiger partial charge in [0.25, 0.3) is 5.78 Å². The number of nitrogens with zero attached hydrogens (tertiary/aromatic N) is 4. The Kier molecular flexibility index (Phi) is 5.52. The van der Waals surface area contributed by atoms with E-state index in [0.29, 0.717) is 27.9 Å². The smallest absolute Gasteiger partial charge is 0.253 e. The van der Waals surface area contributed by atoms with Crippen LogP contribution in [0.3, 0.4) is 0 Å². The maximum atomic E-state index is 12.6. The first kappa shape index (κ1) is 20.7. The lowest BCUT2D eigenvalue weighted by Gasteiger charge is -2.11. The maximum absolute atomic E-state index is 12.6. The lowest BCUT2D eigenvalue weighted by Crippen LogP contribution is -2.17. The highest BCUT2D eigenvalue weighted by atomic mass is 35.5. The molecule has 0 spiro atoms. The third kappa shape index (κ3) is 4.32. The molecule has 1 N–H and O–H groups in total. The zero-order chi connectivity index (χ0) is 22.1. The minimum Gasteiger partial charge on any atom is -0.326 e. The Morgan fingerprint density at radius 3 is 2.32 bits per heavy atom. The zero-order valence-electron chi connectivity index (χ0n) is 17.3. The largest absolute Gasteiger partial charge is 0.326 e. The molecule has 156 valence electrons. The highest BCUT2D eigenvalue weighted by Gasteiger charge is 2.17. The van der Waals surface area contributed by atoms with E-state index in [0.717, 1.165) is 22.5 Å². The molecule has 7 nitrogen and oxygen atoms in total. The predicted molar refractivity (Wildman–Crippen MR) is 119 cm³/mol. The third-order valence-electron chi connectivity index (χ3n) is 5.06. The number of hydrogen-bond acceptors (Lipinski definition) is 5. The summed E-state index contributed by atoms with van der Waals surface area (Å²) in [4.78, 5) is 33.1. The van der Waals surface area contributed by atoms with Crippen molar-refractivity contribution in [2.75, 3.05) is 5.32 Å². The van der Waals surface area contributed by atoms with Crippen LogP contribution in [0.15, 0.2) is 48.5 Å². The van der Waals surface area contributed by atoms with Gasteiger partial charge >= 0.3 is 0 Å². The first-order chi connectivity index (χ1) is 14.8. The SMILES string of the molecule is CC(=O)c1ccc(NC(=O)Cc2c(C)nc3nc(-c4ccc(Cl)cc4)nn3c2C)cc1. The van der Waals surface area contributed by atoms with Crippen molar-refractivity contribution >= 4 is 34.8 Å². The van der Waals surface area contributed by atoms with Crippen LogP contribution >= 0.6 is 11.6 Å². The van der Waals surface area contributed by atoms with Gasteiger partial charge in [-0.25, -0.2) is 9.50 Å². The first-order valence-electron chi connectivity index (χ1n) is 9.71. The fourth-order valence-corrected chi connectivity index (χ4v) is 3.47. The predicted octanol–water partition coefficient (Wildman–Crippen LogP) is 4.45. The second-order valence-electron chi connectivity index (χ2n) is 7.27. The average molecular weight is 434 g/mol. The molecule has 8 heteroatoms. The molecule has 0 atom stereocenters. The summed E-state index contributed by atoms with van der Waals surface area (Å²) >= 11 is 5.96. The summed E-state index contributed by atoms with van der Waals surface area (Å²) in [7, 11) is 0. The van der Waals surface area contributed by atoms with Crippen molar-refractivity contribution in [3.05, 3.63) is 76.1 Å². The lowest BCUT2D eigenvalue weighted by molar-refractivity contribution is -0.115. The van der Waals surface area contributed by atoms with Crippen molar-refractivity contribution in [3.8, 4) is 11.4 Å². The number of ketones is 1. The van der Waals surface area contributed by atoms with Gasteiger partial charge < -0.3 is 5.32 Å². The highest BCUT2D eigenvalue weighted by molar-refractivity contribution is 6.30. The molecule has 31 heavy (non-hydrogen) atoms. The van der Waals surface area contributed by atoms with Gasteiger partial charge in [0, 0.05) is 38.8 Å². The number of amides is 1. The third-order valence-corrected chi connectivity index (χ3v) is 5.32. The van der Waals surface area contributed by atoms with Crippen LogP contribution in [0.2, 0.25) is 5.02 Å². The Balaban J connectivity index is 1.59. The van der Waals surface area contributed by atoms with Crippen LogP contribution in [-0.2, 0) is 11.2 Å². The Morgan fingerprint density at radius 1 is 1.00 bits per heavy atom. The van der Waals surface area contributed by atoms with E-state index in [-0.39, 0.29) is 18.1 Å². The molecule has 0 unspecified atom stereocenters. The van der Waals surface area contributed by atoms with Crippen LogP contribution in [0.1, 0.15) is 34.2 Å². The van der Waals surface area contributed by atoms with Crippen molar-refractivity contribution < 1.29 is 9.59 Å². The molecule has 2 aromatic carbocycles. The van der Waals surface area contributed by atoms with Gasteiger partial charge in [-0.2, -0.15) is 4.98 Å². The number of benzene rings is 2.